The van der Waals surface area contributed by atoms with Crippen LogP contribution >= 0.6 is 11.3 Å². The number of carbonyl (C=O) groups excluding carboxylic acids is 1. The number of nitrogens with zero attached hydrogens (tertiary/aromatic N) is 1. The fraction of sp³-hybridized carbons (Fsp3) is 0.500. The summed E-state index contributed by atoms with van der Waals surface area (Å²) in [6, 6.07) is 0. The molecule has 1 saturated heterocycles. The van der Waals surface area contributed by atoms with Gasteiger partial charge in [-0.25, -0.2) is 4.98 Å². The zero-order valence-corrected chi connectivity index (χ0v) is 8.69. The molecule has 16 heavy (non-hydrogen) atoms. The van der Waals surface area contributed by atoms with Crippen LogP contribution in [0.3, 0.4) is 0 Å². The first-order chi connectivity index (χ1) is 7.47. The number of amides is 1. The van der Waals surface area contributed by atoms with Crippen LogP contribution in [0.15, 0.2) is 5.38 Å². The fourth-order valence-electron chi connectivity index (χ4n) is 1.25. The van der Waals surface area contributed by atoms with Gasteiger partial charge in [-0.2, -0.15) is 13.2 Å². The van der Waals surface area contributed by atoms with Gasteiger partial charge in [-0.15, -0.1) is 11.3 Å². The van der Waals surface area contributed by atoms with Crippen molar-refractivity contribution in [3.8, 4) is 0 Å². The van der Waals surface area contributed by atoms with E-state index in [1.54, 1.807) is 0 Å². The fourth-order valence-corrected chi connectivity index (χ4v) is 1.98. The molecule has 0 bridgehead atoms. The maximum absolute atomic E-state index is 12.3. The van der Waals surface area contributed by atoms with Crippen molar-refractivity contribution in [2.24, 2.45) is 0 Å². The van der Waals surface area contributed by atoms with Crippen LogP contribution in [0.5, 0.6) is 0 Å². The average molecular weight is 252 g/mol. The molecule has 1 amide bonds. The van der Waals surface area contributed by atoms with Gasteiger partial charge in [-0.1, -0.05) is 0 Å². The first kappa shape index (κ1) is 11.3. The van der Waals surface area contributed by atoms with Gasteiger partial charge in [0, 0.05) is 11.9 Å². The van der Waals surface area contributed by atoms with Crippen molar-refractivity contribution in [2.75, 3.05) is 13.2 Å². The van der Waals surface area contributed by atoms with Crippen molar-refractivity contribution in [1.82, 2.24) is 10.3 Å². The molecule has 8 heteroatoms. The minimum atomic E-state index is -4.43. The molecule has 88 valence electrons. The van der Waals surface area contributed by atoms with E-state index in [-0.39, 0.29) is 24.8 Å². The Labute approximate surface area is 92.4 Å². The maximum Gasteiger partial charge on any atom is 0.443 e. The standard InChI is InChI=1S/C8H7F3N2O2S/c9-8(10,11)7-13-4(3-16-7)5-1-12-6(14)2-15-5/h3,5H,1-2H2,(H,12,14). The lowest BCUT2D eigenvalue weighted by Crippen LogP contribution is -2.38. The number of ether oxygens (including phenoxy) is 1. The van der Waals surface area contributed by atoms with E-state index in [1.807, 2.05) is 0 Å². The lowest BCUT2D eigenvalue weighted by molar-refractivity contribution is -0.138. The van der Waals surface area contributed by atoms with Crippen LogP contribution in [0.25, 0.3) is 0 Å². The first-order valence-electron chi connectivity index (χ1n) is 4.38. The SMILES string of the molecule is O=C1COC(c2csc(C(F)(F)F)n2)CN1. The largest absolute Gasteiger partial charge is 0.443 e. The Morgan fingerprint density at radius 2 is 2.31 bits per heavy atom. The molecule has 2 rings (SSSR count). The summed E-state index contributed by atoms with van der Waals surface area (Å²) >= 11 is 0.522. The van der Waals surface area contributed by atoms with Crippen LogP contribution in [0.1, 0.15) is 16.8 Å². The predicted octanol–water partition coefficient (Wildman–Crippen LogP) is 1.35. The molecule has 1 fully saturated rings. The number of carbonyl (C=O) groups is 1. The number of aromatic nitrogens is 1. The highest BCUT2D eigenvalue weighted by Crippen LogP contribution is 2.33. The quantitative estimate of drug-likeness (QED) is 0.820. The minimum Gasteiger partial charge on any atom is -0.360 e. The third-order valence-corrected chi connectivity index (χ3v) is 2.90. The zero-order valence-electron chi connectivity index (χ0n) is 7.87. The minimum absolute atomic E-state index is 0.149. The number of thiazole rings is 1. The van der Waals surface area contributed by atoms with Crippen LogP contribution in [0.2, 0.25) is 0 Å². The molecule has 0 spiro atoms. The summed E-state index contributed by atoms with van der Waals surface area (Å²) < 4.78 is 41.9. The number of halogens is 3. The van der Waals surface area contributed by atoms with E-state index in [0.717, 1.165) is 0 Å². The van der Waals surface area contributed by atoms with E-state index in [0.29, 0.717) is 11.3 Å². The molecule has 1 aromatic rings. The van der Waals surface area contributed by atoms with Crippen molar-refractivity contribution in [2.45, 2.75) is 12.3 Å². The molecule has 4 nitrogen and oxygen atoms in total. The molecule has 1 aromatic heterocycles. The highest BCUT2D eigenvalue weighted by Gasteiger charge is 2.35. The molecule has 1 atom stereocenters. The molecular weight excluding hydrogens is 245 g/mol. The second-order valence-electron chi connectivity index (χ2n) is 3.18. The molecule has 0 saturated carbocycles. The van der Waals surface area contributed by atoms with Gasteiger partial charge < -0.3 is 10.1 Å². The van der Waals surface area contributed by atoms with Crippen molar-refractivity contribution >= 4 is 17.2 Å². The van der Waals surface area contributed by atoms with Crippen molar-refractivity contribution in [3.63, 3.8) is 0 Å². The molecule has 1 N–H and O–H groups in total. The number of hydrogen-bond acceptors (Lipinski definition) is 4. The van der Waals surface area contributed by atoms with Crippen LogP contribution in [0.4, 0.5) is 13.2 Å². The van der Waals surface area contributed by atoms with Gasteiger partial charge in [0.25, 0.3) is 0 Å². The normalized spacial score (nSPS) is 21.9. The Balaban J connectivity index is 2.10. The van der Waals surface area contributed by atoms with Crippen molar-refractivity contribution in [3.05, 3.63) is 16.1 Å². The van der Waals surface area contributed by atoms with Crippen LogP contribution < -0.4 is 5.32 Å². The van der Waals surface area contributed by atoms with Crippen LogP contribution in [-0.4, -0.2) is 24.0 Å². The van der Waals surface area contributed by atoms with Gasteiger partial charge in [0.2, 0.25) is 5.91 Å². The second kappa shape index (κ2) is 4.02. The number of rotatable bonds is 1. The number of morpholine rings is 1. The summed E-state index contributed by atoms with van der Waals surface area (Å²) in [4.78, 5) is 14.2. The summed E-state index contributed by atoms with van der Waals surface area (Å²) in [5, 5.41) is 2.89. The number of nitrogens with one attached hydrogen (secondary N) is 1. The average Bonchev–Trinajstić information content (AvgIpc) is 2.67. The second-order valence-corrected chi connectivity index (χ2v) is 4.04. The molecule has 0 aromatic carbocycles. The monoisotopic (exact) mass is 252 g/mol. The van der Waals surface area contributed by atoms with E-state index >= 15 is 0 Å². The molecule has 1 aliphatic heterocycles. The van der Waals surface area contributed by atoms with Crippen molar-refractivity contribution in [1.29, 1.82) is 0 Å². The topological polar surface area (TPSA) is 51.2 Å². The molecule has 0 radical (unpaired) electrons. The smallest absolute Gasteiger partial charge is 0.360 e. The highest BCUT2D eigenvalue weighted by molar-refractivity contribution is 7.09. The molecule has 1 aliphatic rings. The van der Waals surface area contributed by atoms with Crippen LogP contribution in [0, 0.1) is 0 Å². The molecule has 0 aliphatic carbocycles. The number of alkyl halides is 3. The first-order valence-corrected chi connectivity index (χ1v) is 5.25. The summed E-state index contributed by atoms with van der Waals surface area (Å²) in [6.45, 7) is 0.00338. The summed E-state index contributed by atoms with van der Waals surface area (Å²) in [6.07, 6.45) is -5.02. The van der Waals surface area contributed by atoms with Crippen molar-refractivity contribution < 1.29 is 22.7 Å². The molecular formula is C8H7F3N2O2S. The Morgan fingerprint density at radius 3 is 2.81 bits per heavy atom. The van der Waals surface area contributed by atoms with E-state index in [9.17, 15) is 18.0 Å². The van der Waals surface area contributed by atoms with E-state index in [2.05, 4.69) is 10.3 Å². The van der Waals surface area contributed by atoms with Gasteiger partial charge in [-0.05, 0) is 0 Å². The molecule has 2 heterocycles. The van der Waals surface area contributed by atoms with Gasteiger partial charge in [0.05, 0.1) is 5.69 Å². The highest BCUT2D eigenvalue weighted by atomic mass is 32.1. The van der Waals surface area contributed by atoms with E-state index in [4.69, 9.17) is 4.74 Å². The zero-order chi connectivity index (χ0) is 11.8. The Bertz CT molecular complexity index is 394. The molecule has 1 unspecified atom stereocenters. The summed E-state index contributed by atoms with van der Waals surface area (Å²) in [5.41, 5.74) is 0.206. The van der Waals surface area contributed by atoms with Gasteiger partial charge in [0.1, 0.15) is 12.7 Å². The maximum atomic E-state index is 12.3. The van der Waals surface area contributed by atoms with E-state index < -0.39 is 17.3 Å². The van der Waals surface area contributed by atoms with Gasteiger partial charge in [-0.3, -0.25) is 4.79 Å². The predicted molar refractivity (Wildman–Crippen MR) is 48.8 cm³/mol. The Hall–Kier alpha value is -1.15. The third kappa shape index (κ3) is 2.33. The summed E-state index contributed by atoms with van der Waals surface area (Å²) in [7, 11) is 0. The van der Waals surface area contributed by atoms with Gasteiger partial charge in [0.15, 0.2) is 5.01 Å². The van der Waals surface area contributed by atoms with E-state index in [1.165, 1.54) is 5.38 Å². The Kier molecular flexibility index (Phi) is 2.85. The van der Waals surface area contributed by atoms with Gasteiger partial charge >= 0.3 is 6.18 Å². The van der Waals surface area contributed by atoms with Crippen LogP contribution in [-0.2, 0) is 15.7 Å². The summed E-state index contributed by atoms with van der Waals surface area (Å²) in [5.74, 6) is -0.275. The number of hydrogen-bond donors (Lipinski definition) is 1. The Morgan fingerprint density at radius 1 is 1.56 bits per heavy atom. The third-order valence-electron chi connectivity index (χ3n) is 1.99. The lowest BCUT2D eigenvalue weighted by Gasteiger charge is -2.21. The lowest BCUT2D eigenvalue weighted by atomic mass is 10.2.